The molecular formula is C28H50F2N2O2. The van der Waals surface area contributed by atoms with Crippen molar-refractivity contribution >= 4 is 0 Å². The Morgan fingerprint density at radius 3 is 2.15 bits per heavy atom. The standard InChI is InChI=1S/C22H37FN2O.C3H5F.C3H8O/c1-8-17(6)19(9-2)21(26-11-4)14-16(5)15-25(10-3)22(23)13-12-20(24)18(22)7;1-2-3-4;1-3-4-2/h8-9,14,17-18,20H,1,5,10-13,15,24H2,2-4,6-7H3;2-3H,1H3;3H2,1-2H3/b19-9-,21-14+;3-2+;. The van der Waals surface area contributed by atoms with Crippen molar-refractivity contribution in [1.82, 2.24) is 4.90 Å². The fourth-order valence-corrected chi connectivity index (χ4v) is 3.72. The molecule has 4 nitrogen and oxygen atoms in total. The van der Waals surface area contributed by atoms with E-state index < -0.39 is 5.79 Å². The SMILES string of the molecule is C/C=C/F.C=CC(C)C(=C/C)/C(=C\C(=C)CN(CC)C1(F)CCC(N)C1C)OCC.CCOC. The summed E-state index contributed by atoms with van der Waals surface area (Å²) >= 11 is 0. The highest BCUT2D eigenvalue weighted by Gasteiger charge is 2.48. The first-order chi connectivity index (χ1) is 16.1. The minimum atomic E-state index is -1.37. The number of nitrogens with zero attached hydrogens (tertiary/aromatic N) is 1. The number of allylic oxidation sites excluding steroid dienone is 4. The van der Waals surface area contributed by atoms with Crippen molar-refractivity contribution in [2.45, 2.75) is 73.1 Å². The molecule has 1 fully saturated rings. The summed E-state index contributed by atoms with van der Waals surface area (Å²) in [6.07, 6.45) is 8.89. The minimum absolute atomic E-state index is 0.0834. The van der Waals surface area contributed by atoms with Crippen LogP contribution in [0.3, 0.4) is 0 Å². The van der Waals surface area contributed by atoms with Crippen LogP contribution in [0.4, 0.5) is 8.78 Å². The predicted molar refractivity (Wildman–Crippen MR) is 143 cm³/mol. The van der Waals surface area contributed by atoms with Crippen molar-refractivity contribution in [3.8, 4) is 0 Å². The molecule has 0 amide bonds. The number of methoxy groups -OCH3 is 1. The molecule has 0 spiro atoms. The first-order valence-electron chi connectivity index (χ1n) is 12.3. The van der Waals surface area contributed by atoms with Gasteiger partial charge in [0.1, 0.15) is 5.76 Å². The number of likely N-dealkylation sites (N-methyl/N-ethyl adjacent to an activating group) is 1. The van der Waals surface area contributed by atoms with Gasteiger partial charge in [0.25, 0.3) is 0 Å². The summed E-state index contributed by atoms with van der Waals surface area (Å²) in [5.74, 6) is -0.590. The second-order valence-electron chi connectivity index (χ2n) is 8.23. The molecule has 0 aromatic heterocycles. The van der Waals surface area contributed by atoms with E-state index in [0.717, 1.165) is 29.9 Å². The van der Waals surface area contributed by atoms with Gasteiger partial charge < -0.3 is 15.2 Å². The normalized spacial score (nSPS) is 23.6. The zero-order valence-corrected chi connectivity index (χ0v) is 22.9. The zero-order chi connectivity index (χ0) is 26.7. The Kier molecular flexibility index (Phi) is 19.8. The van der Waals surface area contributed by atoms with E-state index in [4.69, 9.17) is 10.5 Å². The summed E-state index contributed by atoms with van der Waals surface area (Å²) in [6.45, 7) is 24.0. The van der Waals surface area contributed by atoms with Crippen LogP contribution in [0.15, 0.2) is 60.7 Å². The number of hydrogen-bond donors (Lipinski definition) is 1. The van der Waals surface area contributed by atoms with Crippen LogP contribution in [0.5, 0.6) is 0 Å². The summed E-state index contributed by atoms with van der Waals surface area (Å²) in [4.78, 5) is 1.86. The van der Waals surface area contributed by atoms with Gasteiger partial charge in [0, 0.05) is 38.1 Å². The third-order valence-corrected chi connectivity index (χ3v) is 5.96. The molecule has 0 aromatic carbocycles. The van der Waals surface area contributed by atoms with Gasteiger partial charge >= 0.3 is 0 Å². The van der Waals surface area contributed by atoms with E-state index in [9.17, 15) is 4.39 Å². The van der Waals surface area contributed by atoms with Gasteiger partial charge in [0.2, 0.25) is 0 Å². The highest BCUT2D eigenvalue weighted by atomic mass is 19.1. The number of nitrogens with two attached hydrogens (primary N) is 1. The summed E-state index contributed by atoms with van der Waals surface area (Å²) in [7, 11) is 1.68. The predicted octanol–water partition coefficient (Wildman–Crippen LogP) is 7.12. The average Bonchev–Trinajstić information content (AvgIpc) is 3.11. The fraction of sp³-hybridized carbons (Fsp3) is 0.643. The van der Waals surface area contributed by atoms with Crippen LogP contribution < -0.4 is 5.73 Å². The lowest BCUT2D eigenvalue weighted by Gasteiger charge is -2.38. The summed E-state index contributed by atoms with van der Waals surface area (Å²) < 4.78 is 36.5. The molecule has 0 saturated heterocycles. The van der Waals surface area contributed by atoms with Crippen molar-refractivity contribution < 1.29 is 18.3 Å². The molecule has 6 heteroatoms. The number of halogens is 2. The molecule has 0 aromatic rings. The van der Waals surface area contributed by atoms with Crippen LogP contribution in [0.25, 0.3) is 0 Å². The molecule has 2 N–H and O–H groups in total. The maximum atomic E-state index is 15.6. The molecule has 4 atom stereocenters. The Labute approximate surface area is 208 Å². The van der Waals surface area contributed by atoms with Crippen LogP contribution in [0.2, 0.25) is 0 Å². The lowest BCUT2D eigenvalue weighted by molar-refractivity contribution is -0.0541. The summed E-state index contributed by atoms with van der Waals surface area (Å²) in [6, 6.07) is -0.0834. The maximum Gasteiger partial charge on any atom is 0.168 e. The van der Waals surface area contributed by atoms with E-state index >= 15 is 4.39 Å². The molecule has 0 bridgehead atoms. The highest BCUT2D eigenvalue weighted by Crippen LogP contribution is 2.41. The monoisotopic (exact) mass is 484 g/mol. The molecular weight excluding hydrogens is 434 g/mol. The summed E-state index contributed by atoms with van der Waals surface area (Å²) in [5, 5.41) is 0. The quantitative estimate of drug-likeness (QED) is 0.147. The fourth-order valence-electron chi connectivity index (χ4n) is 3.72. The van der Waals surface area contributed by atoms with E-state index in [-0.39, 0.29) is 17.9 Å². The highest BCUT2D eigenvalue weighted by molar-refractivity contribution is 5.35. The number of ether oxygens (including phenoxy) is 2. The molecule has 34 heavy (non-hydrogen) atoms. The van der Waals surface area contributed by atoms with Gasteiger partial charge in [-0.05, 0) is 64.3 Å². The van der Waals surface area contributed by atoms with Gasteiger partial charge in [-0.15, -0.1) is 6.58 Å². The zero-order valence-electron chi connectivity index (χ0n) is 22.9. The van der Waals surface area contributed by atoms with Crippen LogP contribution in [-0.4, -0.2) is 50.1 Å². The van der Waals surface area contributed by atoms with Gasteiger partial charge in [0.05, 0.1) is 12.9 Å². The van der Waals surface area contributed by atoms with Crippen LogP contribution in [-0.2, 0) is 9.47 Å². The number of hydrogen-bond acceptors (Lipinski definition) is 4. The number of rotatable bonds is 11. The van der Waals surface area contributed by atoms with E-state index in [1.54, 1.807) is 14.0 Å². The van der Waals surface area contributed by atoms with Crippen LogP contribution in [0, 0.1) is 11.8 Å². The molecule has 0 radical (unpaired) electrons. The van der Waals surface area contributed by atoms with Gasteiger partial charge in [0.15, 0.2) is 5.79 Å². The molecule has 1 aliphatic rings. The van der Waals surface area contributed by atoms with Gasteiger partial charge in [-0.1, -0.05) is 45.6 Å². The lowest BCUT2D eigenvalue weighted by Crippen LogP contribution is -2.50. The first kappa shape index (κ1) is 34.4. The number of alkyl halides is 1. The van der Waals surface area contributed by atoms with E-state index in [1.807, 2.05) is 57.7 Å². The van der Waals surface area contributed by atoms with Crippen molar-refractivity contribution in [3.05, 3.63) is 60.7 Å². The molecule has 1 saturated carbocycles. The Bertz CT molecular complexity index is 655. The topological polar surface area (TPSA) is 47.7 Å². The molecule has 1 rings (SSSR count). The molecule has 0 aliphatic heterocycles. The van der Waals surface area contributed by atoms with Crippen molar-refractivity contribution in [2.75, 3.05) is 33.4 Å². The summed E-state index contributed by atoms with van der Waals surface area (Å²) in [5.41, 5.74) is 7.96. The third kappa shape index (κ3) is 11.6. The third-order valence-electron chi connectivity index (χ3n) is 5.96. The van der Waals surface area contributed by atoms with Crippen LogP contribution >= 0.6 is 0 Å². The maximum absolute atomic E-state index is 15.6. The molecule has 1 aliphatic carbocycles. The largest absolute Gasteiger partial charge is 0.494 e. The van der Waals surface area contributed by atoms with Gasteiger partial charge in [-0.25, -0.2) is 8.78 Å². The van der Waals surface area contributed by atoms with Crippen molar-refractivity contribution in [1.29, 1.82) is 0 Å². The smallest absolute Gasteiger partial charge is 0.168 e. The van der Waals surface area contributed by atoms with Gasteiger partial charge in [-0.2, -0.15) is 0 Å². The van der Waals surface area contributed by atoms with E-state index in [2.05, 4.69) is 24.8 Å². The van der Waals surface area contributed by atoms with Crippen molar-refractivity contribution in [2.24, 2.45) is 17.6 Å². The molecule has 198 valence electrons. The Balaban J connectivity index is 0. The second kappa shape index (κ2) is 19.5. The molecule has 4 unspecified atom stereocenters. The van der Waals surface area contributed by atoms with Gasteiger partial charge in [-0.3, -0.25) is 4.90 Å². The average molecular weight is 485 g/mol. The molecule has 0 heterocycles. The first-order valence-corrected chi connectivity index (χ1v) is 12.3. The Morgan fingerprint density at radius 1 is 1.26 bits per heavy atom. The lowest BCUT2D eigenvalue weighted by atomic mass is 9.96. The van der Waals surface area contributed by atoms with E-state index in [0.29, 0.717) is 32.4 Å². The Hall–Kier alpha value is -1.76. The van der Waals surface area contributed by atoms with Crippen molar-refractivity contribution in [3.63, 3.8) is 0 Å². The second-order valence-corrected chi connectivity index (χ2v) is 8.23. The van der Waals surface area contributed by atoms with Crippen LogP contribution in [0.1, 0.15) is 61.3 Å². The Morgan fingerprint density at radius 2 is 1.82 bits per heavy atom. The van der Waals surface area contributed by atoms with E-state index in [1.165, 1.54) is 6.08 Å². The minimum Gasteiger partial charge on any atom is -0.494 e.